The first-order chi connectivity index (χ1) is 7.59. The number of nitrogens with one attached hydrogen (secondary N) is 1. The topological polar surface area (TPSA) is 84.3 Å². The van der Waals surface area contributed by atoms with E-state index in [9.17, 15) is 14.7 Å². The van der Waals surface area contributed by atoms with E-state index in [1.54, 1.807) is 6.92 Å². The molecule has 0 aromatic carbocycles. The van der Waals surface area contributed by atoms with Crippen LogP contribution in [0.3, 0.4) is 0 Å². The molecule has 1 aliphatic heterocycles. The fourth-order valence-corrected chi connectivity index (χ4v) is 1.94. The Morgan fingerprint density at radius 1 is 1.62 bits per heavy atom. The number of aliphatic hydroxyl groups excluding tert-OH is 1. The molecule has 1 fully saturated rings. The van der Waals surface area contributed by atoms with Gasteiger partial charge in [-0.1, -0.05) is 0 Å². The number of aromatic nitrogens is 2. The number of aromatic amines is 1. The van der Waals surface area contributed by atoms with Crippen LogP contribution in [-0.2, 0) is 10.5 Å². The van der Waals surface area contributed by atoms with Crippen LogP contribution in [0.4, 0.5) is 0 Å². The molecule has 0 saturated carbocycles. The Labute approximate surface area is 91.5 Å². The molecular formula is C10H14N2O4. The van der Waals surface area contributed by atoms with Crippen molar-refractivity contribution in [1.29, 1.82) is 0 Å². The Balaban J connectivity index is 2.59. The van der Waals surface area contributed by atoms with Crippen molar-refractivity contribution in [1.82, 2.24) is 9.55 Å². The summed E-state index contributed by atoms with van der Waals surface area (Å²) in [5.74, 6) is 0. The van der Waals surface area contributed by atoms with Crippen molar-refractivity contribution in [2.75, 3.05) is 13.2 Å². The summed E-state index contributed by atoms with van der Waals surface area (Å²) >= 11 is 0. The molecule has 16 heavy (non-hydrogen) atoms. The van der Waals surface area contributed by atoms with Gasteiger partial charge in [0.2, 0.25) is 0 Å². The number of ether oxygens (including phenoxy) is 1. The van der Waals surface area contributed by atoms with Crippen molar-refractivity contribution >= 4 is 0 Å². The van der Waals surface area contributed by atoms with Gasteiger partial charge < -0.3 is 9.84 Å². The van der Waals surface area contributed by atoms with Crippen molar-refractivity contribution < 1.29 is 9.84 Å². The first-order valence-corrected chi connectivity index (χ1v) is 5.17. The summed E-state index contributed by atoms with van der Waals surface area (Å²) in [5.41, 5.74) is -1.55. The minimum absolute atomic E-state index is 0.279. The maximum Gasteiger partial charge on any atom is 0.330 e. The number of nitrogens with zero attached hydrogens (tertiary/aromatic N) is 1. The summed E-state index contributed by atoms with van der Waals surface area (Å²) < 4.78 is 6.72. The Kier molecular flexibility index (Phi) is 2.69. The lowest BCUT2D eigenvalue weighted by Gasteiger charge is -2.28. The fourth-order valence-electron chi connectivity index (χ4n) is 1.94. The largest absolute Gasteiger partial charge is 0.391 e. The lowest BCUT2D eigenvalue weighted by molar-refractivity contribution is -0.102. The molecule has 1 saturated heterocycles. The number of rotatable bonds is 2. The molecule has 0 bridgehead atoms. The molecule has 2 rings (SSSR count). The summed E-state index contributed by atoms with van der Waals surface area (Å²) in [6.07, 6.45) is 2.78. The normalized spacial score (nSPS) is 24.9. The summed E-state index contributed by atoms with van der Waals surface area (Å²) in [7, 11) is 0. The van der Waals surface area contributed by atoms with Crippen molar-refractivity contribution in [3.05, 3.63) is 32.6 Å². The van der Waals surface area contributed by atoms with Crippen molar-refractivity contribution in [3.63, 3.8) is 0 Å². The van der Waals surface area contributed by atoms with Gasteiger partial charge in [0, 0.05) is 24.8 Å². The quantitative estimate of drug-likeness (QED) is 0.698. The molecule has 0 aliphatic carbocycles. The lowest BCUT2D eigenvalue weighted by Crippen LogP contribution is -2.46. The van der Waals surface area contributed by atoms with Gasteiger partial charge in [-0.25, -0.2) is 4.79 Å². The molecule has 1 unspecified atom stereocenters. The first kappa shape index (κ1) is 11.1. The molecule has 1 aromatic heterocycles. The molecule has 1 aliphatic rings. The summed E-state index contributed by atoms with van der Waals surface area (Å²) in [4.78, 5) is 25.1. The minimum atomic E-state index is -1.01. The number of H-pyrrole nitrogens is 1. The molecule has 0 spiro atoms. The maximum absolute atomic E-state index is 11.7. The van der Waals surface area contributed by atoms with Crippen LogP contribution < -0.4 is 11.2 Å². The van der Waals surface area contributed by atoms with E-state index in [1.807, 2.05) is 0 Å². The second kappa shape index (κ2) is 3.88. The van der Waals surface area contributed by atoms with Crippen LogP contribution in [0.1, 0.15) is 18.4 Å². The highest BCUT2D eigenvalue weighted by molar-refractivity contribution is 5.03. The highest BCUT2D eigenvalue weighted by atomic mass is 16.5. The highest BCUT2D eigenvalue weighted by Gasteiger charge is 2.37. The molecule has 6 nitrogen and oxygen atoms in total. The number of hydrogen-bond donors (Lipinski definition) is 2. The van der Waals surface area contributed by atoms with Gasteiger partial charge >= 0.3 is 5.69 Å². The predicted octanol–water partition coefficient (Wildman–Crippen LogP) is -0.699. The molecule has 1 atom stereocenters. The maximum atomic E-state index is 11.7. The SMILES string of the molecule is Cc1cn(C2(CO)CCCO2)c(=O)[nH]c1=O. The van der Waals surface area contributed by atoms with E-state index in [0.717, 1.165) is 6.42 Å². The Bertz CT molecular complexity index is 496. The van der Waals surface area contributed by atoms with E-state index in [-0.39, 0.29) is 6.61 Å². The zero-order chi connectivity index (χ0) is 11.8. The zero-order valence-electron chi connectivity index (χ0n) is 9.02. The van der Waals surface area contributed by atoms with Crippen molar-refractivity contribution in [3.8, 4) is 0 Å². The average molecular weight is 226 g/mol. The van der Waals surface area contributed by atoms with Crippen LogP contribution in [0, 0.1) is 6.92 Å². The molecule has 88 valence electrons. The molecule has 2 N–H and O–H groups in total. The second-order valence-electron chi connectivity index (χ2n) is 4.00. The molecule has 6 heteroatoms. The van der Waals surface area contributed by atoms with E-state index in [1.165, 1.54) is 10.8 Å². The summed E-state index contributed by atoms with van der Waals surface area (Å²) in [6, 6.07) is 0. The van der Waals surface area contributed by atoms with E-state index < -0.39 is 17.0 Å². The Morgan fingerprint density at radius 2 is 2.38 bits per heavy atom. The van der Waals surface area contributed by atoms with Crippen LogP contribution in [0.2, 0.25) is 0 Å². The number of aliphatic hydroxyl groups is 1. The zero-order valence-corrected chi connectivity index (χ0v) is 9.02. The van der Waals surface area contributed by atoms with E-state index >= 15 is 0 Å². The predicted molar refractivity (Wildman–Crippen MR) is 56.3 cm³/mol. The molecular weight excluding hydrogens is 212 g/mol. The third-order valence-corrected chi connectivity index (χ3v) is 2.89. The summed E-state index contributed by atoms with van der Waals surface area (Å²) in [5, 5.41) is 9.38. The number of hydrogen-bond acceptors (Lipinski definition) is 4. The molecule has 0 radical (unpaired) electrons. The second-order valence-corrected chi connectivity index (χ2v) is 4.00. The Hall–Kier alpha value is -1.40. The summed E-state index contributed by atoms with van der Waals surface area (Å²) in [6.45, 7) is 1.83. The van der Waals surface area contributed by atoms with E-state index in [0.29, 0.717) is 18.6 Å². The number of aryl methyl sites for hydroxylation is 1. The van der Waals surface area contributed by atoms with Gasteiger partial charge in [0.1, 0.15) is 0 Å². The standard InChI is InChI=1S/C10H14N2O4/c1-7-5-12(9(15)11-8(7)14)10(6-13)3-2-4-16-10/h5,13H,2-4,6H2,1H3,(H,11,14,15). The van der Waals surface area contributed by atoms with Gasteiger partial charge in [-0.15, -0.1) is 0 Å². The van der Waals surface area contributed by atoms with Gasteiger partial charge in [0.05, 0.1) is 6.61 Å². The van der Waals surface area contributed by atoms with Gasteiger partial charge in [0.15, 0.2) is 5.72 Å². The third kappa shape index (κ3) is 1.60. The van der Waals surface area contributed by atoms with Gasteiger partial charge in [-0.3, -0.25) is 14.3 Å². The fraction of sp³-hybridized carbons (Fsp3) is 0.600. The molecule has 2 heterocycles. The molecule has 0 amide bonds. The monoisotopic (exact) mass is 226 g/mol. The smallest absolute Gasteiger partial charge is 0.330 e. The van der Waals surface area contributed by atoms with Crippen LogP contribution in [0.25, 0.3) is 0 Å². The van der Waals surface area contributed by atoms with Crippen molar-refractivity contribution in [2.24, 2.45) is 0 Å². The van der Waals surface area contributed by atoms with Crippen LogP contribution in [-0.4, -0.2) is 27.9 Å². The first-order valence-electron chi connectivity index (χ1n) is 5.17. The van der Waals surface area contributed by atoms with Crippen molar-refractivity contribution in [2.45, 2.75) is 25.5 Å². The molecule has 1 aromatic rings. The van der Waals surface area contributed by atoms with Gasteiger partial charge in [0.25, 0.3) is 5.56 Å². The van der Waals surface area contributed by atoms with Crippen LogP contribution >= 0.6 is 0 Å². The Morgan fingerprint density at radius 3 is 2.94 bits per heavy atom. The lowest BCUT2D eigenvalue weighted by atomic mass is 10.1. The highest BCUT2D eigenvalue weighted by Crippen LogP contribution is 2.28. The van der Waals surface area contributed by atoms with Gasteiger partial charge in [-0.2, -0.15) is 0 Å². The van der Waals surface area contributed by atoms with Crippen LogP contribution in [0.5, 0.6) is 0 Å². The van der Waals surface area contributed by atoms with E-state index in [4.69, 9.17) is 4.74 Å². The minimum Gasteiger partial charge on any atom is -0.391 e. The van der Waals surface area contributed by atoms with Crippen LogP contribution in [0.15, 0.2) is 15.8 Å². The third-order valence-electron chi connectivity index (χ3n) is 2.89. The van der Waals surface area contributed by atoms with E-state index in [2.05, 4.69) is 4.98 Å². The van der Waals surface area contributed by atoms with Gasteiger partial charge in [-0.05, 0) is 13.3 Å². The average Bonchev–Trinajstić information content (AvgIpc) is 2.73.